The highest BCUT2D eigenvalue weighted by Gasteiger charge is 2.04. The highest BCUT2D eigenvalue weighted by atomic mass is 16.3. The predicted octanol–water partition coefficient (Wildman–Crippen LogP) is 2.73. The molecular formula is C10H11N3O2. The average molecular weight is 205 g/mol. The van der Waals surface area contributed by atoms with Crippen LogP contribution in [-0.4, -0.2) is 16.8 Å². The van der Waals surface area contributed by atoms with Crippen molar-refractivity contribution in [3.8, 4) is 11.5 Å². The first-order chi connectivity index (χ1) is 7.16. The molecule has 0 bridgehead atoms. The molecule has 0 saturated carbocycles. The molecule has 0 heterocycles. The van der Waals surface area contributed by atoms with Gasteiger partial charge in [-0.2, -0.15) is 0 Å². The Hall–Kier alpha value is -2.13. The van der Waals surface area contributed by atoms with Crippen molar-refractivity contribution in [2.45, 2.75) is 6.92 Å². The minimum Gasteiger partial charge on any atom is -0.508 e. The summed E-state index contributed by atoms with van der Waals surface area (Å²) < 4.78 is 0. The molecule has 1 rings (SSSR count). The summed E-state index contributed by atoms with van der Waals surface area (Å²) in [6, 6.07) is 3.09. The van der Waals surface area contributed by atoms with Gasteiger partial charge in [-0.3, -0.25) is 0 Å². The van der Waals surface area contributed by atoms with E-state index in [1.54, 1.807) is 25.1 Å². The molecule has 5 nitrogen and oxygen atoms in total. The Bertz CT molecular complexity index is 435. The van der Waals surface area contributed by atoms with E-state index in [-0.39, 0.29) is 18.0 Å². The van der Waals surface area contributed by atoms with E-state index in [1.807, 2.05) is 0 Å². The number of hydrogen-bond donors (Lipinski definition) is 2. The molecular weight excluding hydrogens is 194 g/mol. The van der Waals surface area contributed by atoms with Crippen LogP contribution in [0.25, 0.3) is 16.5 Å². The van der Waals surface area contributed by atoms with E-state index >= 15 is 0 Å². The molecule has 0 fully saturated rings. The van der Waals surface area contributed by atoms with Gasteiger partial charge in [0.1, 0.15) is 11.5 Å². The first kappa shape index (κ1) is 10.9. The zero-order valence-corrected chi connectivity index (χ0v) is 8.25. The third-order valence-electron chi connectivity index (χ3n) is 1.98. The molecule has 1 aromatic carbocycles. The van der Waals surface area contributed by atoms with E-state index < -0.39 is 0 Å². The zero-order valence-electron chi connectivity index (χ0n) is 8.25. The average Bonchev–Trinajstić information content (AvgIpc) is 2.24. The molecule has 0 radical (unpaired) electrons. The van der Waals surface area contributed by atoms with Crippen LogP contribution in [0.15, 0.2) is 23.3 Å². The van der Waals surface area contributed by atoms with Gasteiger partial charge in [-0.15, -0.1) is 0 Å². The summed E-state index contributed by atoms with van der Waals surface area (Å²) in [5, 5.41) is 22.2. The molecule has 0 aliphatic heterocycles. The van der Waals surface area contributed by atoms with Gasteiger partial charge in [-0.1, -0.05) is 17.3 Å². The Labute approximate surface area is 86.9 Å². The predicted molar refractivity (Wildman–Crippen MR) is 57.6 cm³/mol. The standard InChI is InChI=1S/C10H11N3O2/c1-7-9(14)5-4-8(10(7)15)3-2-6-12-13-11/h2-5,14-15H,6H2,1H3. The quantitative estimate of drug-likeness (QED) is 0.451. The number of aromatic hydroxyl groups is 2. The van der Waals surface area contributed by atoms with Crippen molar-refractivity contribution < 1.29 is 10.2 Å². The SMILES string of the molecule is Cc1c(O)ccc(C=CCN=[N+]=[N-])c1O. The molecule has 0 aliphatic rings. The number of rotatable bonds is 3. The topological polar surface area (TPSA) is 89.2 Å². The smallest absolute Gasteiger partial charge is 0.129 e. The first-order valence-corrected chi connectivity index (χ1v) is 4.35. The van der Waals surface area contributed by atoms with Gasteiger partial charge in [0.05, 0.1) is 0 Å². The Kier molecular flexibility index (Phi) is 3.60. The molecule has 2 N–H and O–H groups in total. The van der Waals surface area contributed by atoms with Crippen molar-refractivity contribution in [1.82, 2.24) is 0 Å². The van der Waals surface area contributed by atoms with Crippen LogP contribution in [0.1, 0.15) is 11.1 Å². The minimum atomic E-state index is 0.0344. The molecule has 0 amide bonds. The van der Waals surface area contributed by atoms with E-state index in [9.17, 15) is 10.2 Å². The van der Waals surface area contributed by atoms with Crippen molar-refractivity contribution in [1.29, 1.82) is 0 Å². The largest absolute Gasteiger partial charge is 0.508 e. The van der Waals surface area contributed by atoms with Crippen molar-refractivity contribution in [2.24, 2.45) is 5.11 Å². The van der Waals surface area contributed by atoms with Crippen molar-refractivity contribution in [2.75, 3.05) is 6.54 Å². The highest BCUT2D eigenvalue weighted by Crippen LogP contribution is 2.29. The second-order valence-electron chi connectivity index (χ2n) is 2.96. The second kappa shape index (κ2) is 4.93. The Morgan fingerprint density at radius 1 is 1.47 bits per heavy atom. The molecule has 1 aromatic rings. The van der Waals surface area contributed by atoms with Gasteiger partial charge >= 0.3 is 0 Å². The van der Waals surface area contributed by atoms with Crippen molar-refractivity contribution in [3.05, 3.63) is 39.8 Å². The Morgan fingerprint density at radius 2 is 2.20 bits per heavy atom. The van der Waals surface area contributed by atoms with E-state index in [4.69, 9.17) is 5.53 Å². The number of phenols is 2. The fraction of sp³-hybridized carbons (Fsp3) is 0.200. The lowest BCUT2D eigenvalue weighted by molar-refractivity contribution is 0.442. The maximum atomic E-state index is 9.62. The van der Waals surface area contributed by atoms with Gasteiger partial charge in [-0.05, 0) is 24.6 Å². The lowest BCUT2D eigenvalue weighted by Crippen LogP contribution is -1.81. The summed E-state index contributed by atoms with van der Waals surface area (Å²) in [5.74, 6) is 0.0897. The molecule has 0 unspecified atom stereocenters. The fourth-order valence-corrected chi connectivity index (χ4v) is 1.11. The van der Waals surface area contributed by atoms with E-state index in [1.165, 1.54) is 6.07 Å². The molecule has 0 aliphatic carbocycles. The number of azide groups is 1. The van der Waals surface area contributed by atoms with Gasteiger partial charge in [0.25, 0.3) is 0 Å². The van der Waals surface area contributed by atoms with E-state index in [0.29, 0.717) is 11.1 Å². The number of benzene rings is 1. The van der Waals surface area contributed by atoms with Gasteiger partial charge in [0.15, 0.2) is 0 Å². The van der Waals surface area contributed by atoms with E-state index in [0.717, 1.165) is 0 Å². The highest BCUT2D eigenvalue weighted by molar-refractivity contribution is 5.62. The van der Waals surface area contributed by atoms with Crippen LogP contribution in [-0.2, 0) is 0 Å². The van der Waals surface area contributed by atoms with E-state index in [2.05, 4.69) is 10.0 Å². The van der Waals surface area contributed by atoms with Gasteiger partial charge in [0.2, 0.25) is 0 Å². The maximum Gasteiger partial charge on any atom is 0.129 e. The number of hydrogen-bond acceptors (Lipinski definition) is 3. The third kappa shape index (κ3) is 2.65. The molecule has 5 heteroatoms. The number of nitrogens with zero attached hydrogens (tertiary/aromatic N) is 3. The summed E-state index contributed by atoms with van der Waals surface area (Å²) in [6.45, 7) is 1.85. The lowest BCUT2D eigenvalue weighted by Gasteiger charge is -2.04. The van der Waals surface area contributed by atoms with Gasteiger partial charge < -0.3 is 10.2 Å². The van der Waals surface area contributed by atoms with Crippen molar-refractivity contribution in [3.63, 3.8) is 0 Å². The summed E-state index contributed by atoms with van der Waals surface area (Å²) in [7, 11) is 0. The molecule has 15 heavy (non-hydrogen) atoms. The van der Waals surface area contributed by atoms with Crippen LogP contribution in [0.5, 0.6) is 11.5 Å². The minimum absolute atomic E-state index is 0.0344. The molecule has 0 aromatic heterocycles. The second-order valence-corrected chi connectivity index (χ2v) is 2.96. The summed E-state index contributed by atoms with van der Waals surface area (Å²) >= 11 is 0. The maximum absolute atomic E-state index is 9.62. The third-order valence-corrected chi connectivity index (χ3v) is 1.98. The van der Waals surface area contributed by atoms with Gasteiger partial charge in [0, 0.05) is 22.6 Å². The van der Waals surface area contributed by atoms with Crippen LogP contribution >= 0.6 is 0 Å². The molecule has 0 saturated heterocycles. The normalized spacial score (nSPS) is 10.2. The molecule has 78 valence electrons. The lowest BCUT2D eigenvalue weighted by atomic mass is 10.1. The first-order valence-electron chi connectivity index (χ1n) is 4.35. The van der Waals surface area contributed by atoms with Crippen LogP contribution in [0.3, 0.4) is 0 Å². The Morgan fingerprint density at radius 3 is 2.87 bits per heavy atom. The molecule has 0 atom stereocenters. The van der Waals surface area contributed by atoms with Crippen LogP contribution in [0, 0.1) is 6.92 Å². The summed E-state index contributed by atoms with van der Waals surface area (Å²) in [6.07, 6.45) is 3.27. The van der Waals surface area contributed by atoms with Gasteiger partial charge in [-0.25, -0.2) is 0 Å². The fourth-order valence-electron chi connectivity index (χ4n) is 1.11. The van der Waals surface area contributed by atoms with Crippen molar-refractivity contribution >= 4 is 6.08 Å². The Balaban J connectivity index is 2.91. The number of phenolic OH excluding ortho intramolecular Hbond substituents is 2. The zero-order chi connectivity index (χ0) is 11.3. The van der Waals surface area contributed by atoms with Crippen LogP contribution in [0.2, 0.25) is 0 Å². The molecule has 0 spiro atoms. The summed E-state index contributed by atoms with van der Waals surface area (Å²) in [4.78, 5) is 2.59. The van der Waals surface area contributed by atoms with Crippen LogP contribution in [0.4, 0.5) is 0 Å². The monoisotopic (exact) mass is 205 g/mol. The van der Waals surface area contributed by atoms with Crippen LogP contribution < -0.4 is 0 Å². The summed E-state index contributed by atoms with van der Waals surface area (Å²) in [5.41, 5.74) is 9.05.